The largest absolute Gasteiger partial charge is 0.490 e. The van der Waals surface area contributed by atoms with E-state index in [2.05, 4.69) is 6.58 Å². The minimum absolute atomic E-state index is 0.00658. The summed E-state index contributed by atoms with van der Waals surface area (Å²) in [4.78, 5) is 28.6. The van der Waals surface area contributed by atoms with E-state index in [0.717, 1.165) is 5.56 Å². The first-order valence-electron chi connectivity index (χ1n) is 11.1. The van der Waals surface area contributed by atoms with Gasteiger partial charge in [0.05, 0.1) is 23.6 Å². The summed E-state index contributed by atoms with van der Waals surface area (Å²) >= 11 is 6.28. The highest BCUT2D eigenvalue weighted by Gasteiger charge is 2.42. The zero-order chi connectivity index (χ0) is 24.4. The lowest BCUT2D eigenvalue weighted by Gasteiger charge is -2.25. The van der Waals surface area contributed by atoms with Crippen LogP contribution >= 0.6 is 11.6 Å². The molecule has 34 heavy (non-hydrogen) atoms. The molecule has 1 N–H and O–H groups in total. The molecule has 0 radical (unpaired) electrons. The molecule has 2 aromatic carbocycles. The number of carbonyl (C=O) groups excluding carboxylic acids is 1. The zero-order valence-electron chi connectivity index (χ0n) is 19.1. The van der Waals surface area contributed by atoms with Crippen molar-refractivity contribution in [2.75, 3.05) is 26.4 Å². The van der Waals surface area contributed by atoms with Crippen LogP contribution in [0.2, 0.25) is 5.02 Å². The Morgan fingerprint density at radius 2 is 2.00 bits per heavy atom. The molecule has 7 nitrogen and oxygen atoms in total. The fourth-order valence-electron chi connectivity index (χ4n) is 4.19. The summed E-state index contributed by atoms with van der Waals surface area (Å²) < 4.78 is 17.4. The van der Waals surface area contributed by atoms with Gasteiger partial charge in [0, 0.05) is 18.2 Å². The van der Waals surface area contributed by atoms with E-state index in [1.54, 1.807) is 48.2 Å². The molecule has 2 heterocycles. The van der Waals surface area contributed by atoms with Gasteiger partial charge in [-0.05, 0) is 55.7 Å². The minimum atomic E-state index is -0.706. The highest BCUT2D eigenvalue weighted by atomic mass is 35.5. The molecule has 0 spiro atoms. The molecule has 1 amide bonds. The molecule has 1 aliphatic heterocycles. The van der Waals surface area contributed by atoms with E-state index in [1.165, 1.54) is 0 Å². The van der Waals surface area contributed by atoms with Crippen LogP contribution in [-0.4, -0.2) is 42.3 Å². The van der Waals surface area contributed by atoms with Gasteiger partial charge < -0.3 is 23.9 Å². The lowest BCUT2D eigenvalue weighted by atomic mass is 9.97. The monoisotopic (exact) mass is 483 g/mol. The molecule has 0 saturated heterocycles. The first-order valence-corrected chi connectivity index (χ1v) is 11.5. The van der Waals surface area contributed by atoms with Crippen LogP contribution in [0.4, 0.5) is 0 Å². The van der Waals surface area contributed by atoms with Gasteiger partial charge in [-0.1, -0.05) is 30.3 Å². The Labute approximate surface area is 202 Å². The van der Waals surface area contributed by atoms with Crippen molar-refractivity contribution in [3.05, 3.63) is 80.7 Å². The molecule has 3 aromatic rings. The van der Waals surface area contributed by atoms with Crippen molar-refractivity contribution in [3.8, 4) is 11.5 Å². The summed E-state index contributed by atoms with van der Waals surface area (Å²) in [5.41, 5.74) is 1.66. The van der Waals surface area contributed by atoms with Crippen molar-refractivity contribution in [2.24, 2.45) is 0 Å². The normalized spacial score (nSPS) is 15.0. The second-order valence-corrected chi connectivity index (χ2v) is 8.40. The lowest BCUT2D eigenvalue weighted by molar-refractivity contribution is 0.0716. The van der Waals surface area contributed by atoms with E-state index >= 15 is 0 Å². The summed E-state index contributed by atoms with van der Waals surface area (Å²) in [6.07, 6.45) is 1.99. The number of ether oxygens (including phenoxy) is 2. The molecule has 178 valence electrons. The van der Waals surface area contributed by atoms with Gasteiger partial charge in [-0.15, -0.1) is 0 Å². The maximum atomic E-state index is 13.6. The number of benzene rings is 2. The van der Waals surface area contributed by atoms with Crippen LogP contribution in [0.25, 0.3) is 11.0 Å². The number of nitrogens with zero attached hydrogens (tertiary/aromatic N) is 1. The van der Waals surface area contributed by atoms with E-state index in [1.807, 2.05) is 6.92 Å². The third-order valence-electron chi connectivity index (χ3n) is 5.74. The van der Waals surface area contributed by atoms with Gasteiger partial charge in [0.1, 0.15) is 12.2 Å². The zero-order valence-corrected chi connectivity index (χ0v) is 19.9. The maximum absolute atomic E-state index is 13.6. The maximum Gasteiger partial charge on any atom is 0.290 e. The number of carbonyl (C=O) groups is 1. The van der Waals surface area contributed by atoms with Gasteiger partial charge in [0.2, 0.25) is 5.76 Å². The lowest BCUT2D eigenvalue weighted by Crippen LogP contribution is -2.31. The minimum Gasteiger partial charge on any atom is -0.490 e. The Kier molecular flexibility index (Phi) is 6.95. The van der Waals surface area contributed by atoms with E-state index in [9.17, 15) is 14.7 Å². The van der Waals surface area contributed by atoms with Crippen LogP contribution in [0.3, 0.4) is 0 Å². The van der Waals surface area contributed by atoms with Crippen LogP contribution in [0, 0.1) is 6.92 Å². The summed E-state index contributed by atoms with van der Waals surface area (Å²) in [5, 5.41) is 10.2. The number of halogens is 1. The third kappa shape index (κ3) is 4.17. The Balaban J connectivity index is 1.92. The average Bonchev–Trinajstić information content (AvgIpc) is 3.10. The smallest absolute Gasteiger partial charge is 0.290 e. The van der Waals surface area contributed by atoms with E-state index in [4.69, 9.17) is 25.5 Å². The number of rotatable bonds is 9. The Morgan fingerprint density at radius 3 is 2.71 bits per heavy atom. The Bertz CT molecular complexity index is 1310. The molecule has 0 bridgehead atoms. The van der Waals surface area contributed by atoms with Gasteiger partial charge in [-0.2, -0.15) is 0 Å². The van der Waals surface area contributed by atoms with Crippen molar-refractivity contribution in [1.29, 1.82) is 0 Å². The second kappa shape index (κ2) is 9.91. The van der Waals surface area contributed by atoms with Crippen LogP contribution in [0.1, 0.15) is 46.6 Å². The molecule has 8 heteroatoms. The first kappa shape index (κ1) is 23.9. The molecule has 1 unspecified atom stereocenters. The molecule has 1 aliphatic rings. The highest BCUT2D eigenvalue weighted by Crippen LogP contribution is 2.41. The molecule has 0 aliphatic carbocycles. The summed E-state index contributed by atoms with van der Waals surface area (Å²) in [7, 11) is 0. The van der Waals surface area contributed by atoms with Crippen LogP contribution in [-0.2, 0) is 0 Å². The number of fused-ring (bicyclic) bond motifs is 2. The van der Waals surface area contributed by atoms with E-state index < -0.39 is 11.9 Å². The highest BCUT2D eigenvalue weighted by molar-refractivity contribution is 6.32. The molecule has 1 aromatic heterocycles. The van der Waals surface area contributed by atoms with Crippen molar-refractivity contribution in [2.45, 2.75) is 26.3 Å². The summed E-state index contributed by atoms with van der Waals surface area (Å²) in [5.74, 6) is 0.635. The topological polar surface area (TPSA) is 89.2 Å². The number of amides is 1. The summed E-state index contributed by atoms with van der Waals surface area (Å²) in [6.45, 7) is 8.20. The van der Waals surface area contributed by atoms with Gasteiger partial charge >= 0.3 is 0 Å². The van der Waals surface area contributed by atoms with Gasteiger partial charge in [-0.25, -0.2) is 0 Å². The molecular formula is C26H26ClNO6. The molecule has 1 atom stereocenters. The molecular weight excluding hydrogens is 458 g/mol. The summed E-state index contributed by atoms with van der Waals surface area (Å²) in [6, 6.07) is 7.85. The van der Waals surface area contributed by atoms with Gasteiger partial charge in [-0.3, -0.25) is 9.59 Å². The SMILES string of the molecule is C=CCOc1ccc(C2c3c(oc4cc(C)c(Cl)cc4c3=O)C(=O)N2CCCO)cc1OCC. The van der Waals surface area contributed by atoms with Crippen molar-refractivity contribution in [3.63, 3.8) is 0 Å². The number of hydrogen-bond donors (Lipinski definition) is 1. The average molecular weight is 484 g/mol. The first-order chi connectivity index (χ1) is 16.4. The molecule has 0 fully saturated rings. The van der Waals surface area contributed by atoms with Crippen molar-refractivity contribution in [1.82, 2.24) is 4.90 Å². The number of aliphatic hydroxyl groups is 1. The van der Waals surface area contributed by atoms with Crippen molar-refractivity contribution >= 4 is 28.5 Å². The fourth-order valence-corrected chi connectivity index (χ4v) is 4.35. The predicted molar refractivity (Wildman–Crippen MR) is 130 cm³/mol. The molecule has 4 rings (SSSR count). The number of hydrogen-bond acceptors (Lipinski definition) is 6. The Morgan fingerprint density at radius 1 is 1.21 bits per heavy atom. The fraction of sp³-hybridized carbons (Fsp3) is 0.308. The van der Waals surface area contributed by atoms with Crippen molar-refractivity contribution < 1.29 is 23.8 Å². The van der Waals surface area contributed by atoms with Crippen LogP contribution in [0.15, 0.2) is 52.2 Å². The predicted octanol–water partition coefficient (Wildman–Crippen LogP) is 4.65. The van der Waals surface area contributed by atoms with Gasteiger partial charge in [0.15, 0.2) is 16.9 Å². The number of aliphatic hydroxyl groups excluding tert-OH is 1. The second-order valence-electron chi connectivity index (χ2n) is 7.99. The van der Waals surface area contributed by atoms with Crippen LogP contribution < -0.4 is 14.9 Å². The third-order valence-corrected chi connectivity index (χ3v) is 6.15. The Hall–Kier alpha value is -3.29. The standard InChI is InChI=1S/C26H26ClNO6/c1-4-11-33-19-8-7-16(13-21(19)32-5-2)23-22-24(30)17-14-18(27)15(3)12-20(17)34-25(22)26(31)28(23)9-6-10-29/h4,7-8,12-14,23,29H,1,5-6,9-11H2,2-3H3. The number of aryl methyl sites for hydroxylation is 1. The van der Waals surface area contributed by atoms with Gasteiger partial charge in [0.25, 0.3) is 5.91 Å². The van der Waals surface area contributed by atoms with Crippen LogP contribution in [0.5, 0.6) is 11.5 Å². The quantitative estimate of drug-likeness (QED) is 0.446. The van der Waals surface area contributed by atoms with E-state index in [0.29, 0.717) is 52.7 Å². The van der Waals surface area contributed by atoms with E-state index in [-0.39, 0.29) is 29.9 Å². The molecule has 0 saturated carbocycles.